The Morgan fingerprint density at radius 2 is 2.08 bits per heavy atom. The highest BCUT2D eigenvalue weighted by atomic mass is 16.6. The molecule has 3 heterocycles. The molecule has 0 unspecified atom stereocenters. The molecule has 1 aromatic carbocycles. The van der Waals surface area contributed by atoms with Crippen molar-refractivity contribution in [1.82, 2.24) is 4.90 Å². The fraction of sp³-hybridized carbons (Fsp3) is 0.529. The molecule has 2 amide bonds. The average Bonchev–Trinajstić information content (AvgIpc) is 3.11. The second-order valence-corrected chi connectivity index (χ2v) is 7.17. The molecule has 1 spiro atoms. The Hall–Kier alpha value is -2.20. The highest BCUT2D eigenvalue weighted by molar-refractivity contribution is 6.11. The predicted molar refractivity (Wildman–Crippen MR) is 90.4 cm³/mol. The summed E-state index contributed by atoms with van der Waals surface area (Å²) >= 11 is 0. The van der Waals surface area contributed by atoms with Crippen LogP contribution in [0.3, 0.4) is 0 Å². The third kappa shape index (κ3) is 2.18. The van der Waals surface area contributed by atoms with E-state index < -0.39 is 36.6 Å². The molecule has 9 nitrogen and oxygen atoms in total. The summed E-state index contributed by atoms with van der Waals surface area (Å²) < 4.78 is 5.72. The molecule has 0 aromatic heterocycles. The molecular weight excluding hydrogens is 342 g/mol. The standard InChI is InChI=1S/C17H21N3O6/c1-19-10-3-2-8(18)4-9(10)15(24)20-7-17(5-11(20)16(19)25)14(23)13(22)12(6-21)26-17/h2-4,11-14,21-23H,5-7,18H2,1H3/t11-,12-,13-,14+,17+/m0/s1. The number of nitrogen functional groups attached to an aromatic ring is 1. The first-order valence-electron chi connectivity index (χ1n) is 8.42. The molecule has 2 fully saturated rings. The summed E-state index contributed by atoms with van der Waals surface area (Å²) in [5, 5.41) is 29.9. The minimum absolute atomic E-state index is 0.0418. The minimum Gasteiger partial charge on any atom is -0.399 e. The van der Waals surface area contributed by atoms with Gasteiger partial charge in [-0.1, -0.05) is 0 Å². The number of hydrogen-bond acceptors (Lipinski definition) is 7. The van der Waals surface area contributed by atoms with Gasteiger partial charge >= 0.3 is 0 Å². The lowest BCUT2D eigenvalue weighted by atomic mass is 9.91. The quantitative estimate of drug-likeness (QED) is 0.437. The molecule has 140 valence electrons. The zero-order chi connectivity index (χ0) is 18.8. The van der Waals surface area contributed by atoms with Gasteiger partial charge in [-0.2, -0.15) is 0 Å². The van der Waals surface area contributed by atoms with E-state index in [9.17, 15) is 24.9 Å². The third-order valence-corrected chi connectivity index (χ3v) is 5.65. The summed E-state index contributed by atoms with van der Waals surface area (Å²) in [5.74, 6) is -0.693. The van der Waals surface area contributed by atoms with Crippen LogP contribution in [0.25, 0.3) is 0 Å². The molecular formula is C17H21N3O6. The number of anilines is 2. The monoisotopic (exact) mass is 363 g/mol. The van der Waals surface area contributed by atoms with E-state index >= 15 is 0 Å². The van der Waals surface area contributed by atoms with Crippen molar-refractivity contribution in [1.29, 1.82) is 0 Å². The van der Waals surface area contributed by atoms with Gasteiger partial charge in [0.25, 0.3) is 5.91 Å². The number of aliphatic hydroxyl groups is 3. The van der Waals surface area contributed by atoms with Crippen LogP contribution in [0.1, 0.15) is 16.8 Å². The molecule has 5 N–H and O–H groups in total. The van der Waals surface area contributed by atoms with Crippen LogP contribution < -0.4 is 10.6 Å². The zero-order valence-corrected chi connectivity index (χ0v) is 14.2. The van der Waals surface area contributed by atoms with Crippen LogP contribution in [0.2, 0.25) is 0 Å². The summed E-state index contributed by atoms with van der Waals surface area (Å²) in [4.78, 5) is 28.8. The maximum absolute atomic E-state index is 13.1. The molecule has 0 radical (unpaired) electrons. The van der Waals surface area contributed by atoms with E-state index in [0.717, 1.165) is 0 Å². The molecule has 26 heavy (non-hydrogen) atoms. The molecule has 5 atom stereocenters. The van der Waals surface area contributed by atoms with Crippen molar-refractivity contribution in [2.45, 2.75) is 36.4 Å². The summed E-state index contributed by atoms with van der Waals surface area (Å²) in [5.41, 5.74) is 5.69. The molecule has 3 aliphatic heterocycles. The lowest BCUT2D eigenvalue weighted by molar-refractivity contribution is -0.122. The summed E-state index contributed by atoms with van der Waals surface area (Å²) in [7, 11) is 1.58. The first kappa shape index (κ1) is 17.2. The van der Waals surface area contributed by atoms with E-state index in [1.807, 2.05) is 0 Å². The number of rotatable bonds is 1. The van der Waals surface area contributed by atoms with E-state index in [-0.39, 0.29) is 24.8 Å². The fourth-order valence-electron chi connectivity index (χ4n) is 4.25. The highest BCUT2D eigenvalue weighted by Gasteiger charge is 2.62. The number of fused-ring (bicyclic) bond motifs is 2. The van der Waals surface area contributed by atoms with Crippen LogP contribution in [-0.2, 0) is 9.53 Å². The van der Waals surface area contributed by atoms with Crippen LogP contribution in [-0.4, -0.2) is 82.2 Å². The summed E-state index contributed by atoms with van der Waals surface area (Å²) in [6.07, 6.45) is -3.51. The minimum atomic E-state index is -1.31. The fourth-order valence-corrected chi connectivity index (χ4v) is 4.25. The summed E-state index contributed by atoms with van der Waals surface area (Å²) in [6.45, 7) is -0.523. The predicted octanol–water partition coefficient (Wildman–Crippen LogP) is -1.69. The first-order valence-corrected chi connectivity index (χ1v) is 8.42. The Labute approximate surface area is 149 Å². The zero-order valence-electron chi connectivity index (χ0n) is 14.2. The SMILES string of the molecule is CN1C(=O)[C@@H]2C[C@]3(CN2C(=O)c2cc(N)ccc21)O[C@@H](CO)[C@H](O)[C@H]3O. The number of ether oxygens (including phenoxy) is 1. The van der Waals surface area contributed by atoms with Crippen molar-refractivity contribution in [3.05, 3.63) is 23.8 Å². The smallest absolute Gasteiger partial charge is 0.256 e. The number of amides is 2. The van der Waals surface area contributed by atoms with Crippen molar-refractivity contribution in [3.63, 3.8) is 0 Å². The molecule has 0 bridgehead atoms. The summed E-state index contributed by atoms with van der Waals surface area (Å²) in [6, 6.07) is 3.94. The Morgan fingerprint density at radius 3 is 2.73 bits per heavy atom. The maximum atomic E-state index is 13.1. The molecule has 2 saturated heterocycles. The topological polar surface area (TPSA) is 137 Å². The van der Waals surface area contributed by atoms with Crippen molar-refractivity contribution < 1.29 is 29.6 Å². The molecule has 9 heteroatoms. The van der Waals surface area contributed by atoms with Gasteiger partial charge in [0.2, 0.25) is 5.91 Å². The van der Waals surface area contributed by atoms with Crippen molar-refractivity contribution in [2.75, 3.05) is 30.8 Å². The first-order chi connectivity index (χ1) is 12.3. The highest BCUT2D eigenvalue weighted by Crippen LogP contribution is 2.44. The van der Waals surface area contributed by atoms with E-state index in [1.54, 1.807) is 19.2 Å². The van der Waals surface area contributed by atoms with Crippen LogP contribution in [0.4, 0.5) is 11.4 Å². The lowest BCUT2D eigenvalue weighted by Crippen LogP contribution is -2.46. The van der Waals surface area contributed by atoms with Crippen molar-refractivity contribution in [3.8, 4) is 0 Å². The number of benzene rings is 1. The van der Waals surface area contributed by atoms with Crippen molar-refractivity contribution >= 4 is 23.2 Å². The van der Waals surface area contributed by atoms with Gasteiger partial charge in [0, 0.05) is 19.2 Å². The Balaban J connectivity index is 1.76. The second-order valence-electron chi connectivity index (χ2n) is 7.17. The number of likely N-dealkylation sites (N-methyl/N-ethyl adjacent to an activating group) is 1. The second kappa shape index (κ2) is 5.65. The Kier molecular flexibility index (Phi) is 3.74. The number of nitrogens with zero attached hydrogens (tertiary/aromatic N) is 2. The van der Waals surface area contributed by atoms with Crippen LogP contribution in [0.15, 0.2) is 18.2 Å². The molecule has 0 saturated carbocycles. The van der Waals surface area contributed by atoms with Crippen LogP contribution in [0.5, 0.6) is 0 Å². The third-order valence-electron chi connectivity index (χ3n) is 5.65. The Morgan fingerprint density at radius 1 is 1.35 bits per heavy atom. The number of carbonyl (C=O) groups excluding carboxylic acids is 2. The van der Waals surface area contributed by atoms with E-state index in [0.29, 0.717) is 16.9 Å². The van der Waals surface area contributed by atoms with Gasteiger partial charge < -0.3 is 35.6 Å². The lowest BCUT2D eigenvalue weighted by Gasteiger charge is -2.27. The molecule has 1 aromatic rings. The number of nitrogens with two attached hydrogens (primary N) is 1. The van der Waals surface area contributed by atoms with Gasteiger partial charge in [-0.3, -0.25) is 9.59 Å². The van der Waals surface area contributed by atoms with Gasteiger partial charge in [-0.15, -0.1) is 0 Å². The van der Waals surface area contributed by atoms with E-state index in [4.69, 9.17) is 10.5 Å². The van der Waals surface area contributed by atoms with Gasteiger partial charge in [-0.25, -0.2) is 0 Å². The van der Waals surface area contributed by atoms with Crippen LogP contribution >= 0.6 is 0 Å². The van der Waals surface area contributed by atoms with Gasteiger partial charge in [-0.05, 0) is 18.2 Å². The van der Waals surface area contributed by atoms with Crippen LogP contribution in [0, 0.1) is 0 Å². The number of hydrogen-bond donors (Lipinski definition) is 4. The van der Waals surface area contributed by atoms with Gasteiger partial charge in [0.05, 0.1) is 24.4 Å². The number of carbonyl (C=O) groups is 2. The Bertz CT molecular complexity index is 786. The molecule has 4 rings (SSSR count). The maximum Gasteiger partial charge on any atom is 0.256 e. The van der Waals surface area contributed by atoms with Crippen molar-refractivity contribution in [2.24, 2.45) is 0 Å². The largest absolute Gasteiger partial charge is 0.399 e. The number of aliphatic hydroxyl groups excluding tert-OH is 3. The van der Waals surface area contributed by atoms with E-state index in [2.05, 4.69) is 0 Å². The van der Waals surface area contributed by atoms with Gasteiger partial charge in [0.15, 0.2) is 0 Å². The molecule has 0 aliphatic carbocycles. The molecule has 3 aliphatic rings. The normalized spacial score (nSPS) is 36.5. The van der Waals surface area contributed by atoms with Gasteiger partial charge in [0.1, 0.15) is 30.0 Å². The van der Waals surface area contributed by atoms with E-state index in [1.165, 1.54) is 15.9 Å². The average molecular weight is 363 g/mol.